The number of hydrazone groups is 1. The monoisotopic (exact) mass is 321 g/mol. The first-order valence-corrected chi connectivity index (χ1v) is 5.16. The molecular weight excluding hydrogens is 313 g/mol. The maximum Gasteiger partial charge on any atom is 0.184 e. The summed E-state index contributed by atoms with van der Waals surface area (Å²) in [5.41, 5.74) is 8.22. The SMILES string of the molecule is NC(=S)NN=Cc1c(O)cccc1I. The average Bonchev–Trinajstić information content (AvgIpc) is 2.09. The molecule has 74 valence electrons. The quantitative estimate of drug-likeness (QED) is 0.331. The van der Waals surface area contributed by atoms with E-state index in [1.165, 1.54) is 6.21 Å². The molecular formula is C8H8IN3OS. The van der Waals surface area contributed by atoms with E-state index in [-0.39, 0.29) is 10.9 Å². The van der Waals surface area contributed by atoms with Crippen LogP contribution >= 0.6 is 34.8 Å². The van der Waals surface area contributed by atoms with Crippen LogP contribution in [0.3, 0.4) is 0 Å². The third-order valence-electron chi connectivity index (χ3n) is 1.40. The van der Waals surface area contributed by atoms with E-state index in [0.717, 1.165) is 3.57 Å². The van der Waals surface area contributed by atoms with Gasteiger partial charge in [-0.1, -0.05) is 6.07 Å². The van der Waals surface area contributed by atoms with E-state index < -0.39 is 0 Å². The standard InChI is InChI=1S/C8H8IN3OS/c9-6-2-1-3-7(13)5(6)4-11-12-8(10)14/h1-4,13H,(H3,10,12,14). The molecule has 1 aromatic carbocycles. The second-order valence-electron chi connectivity index (χ2n) is 2.41. The zero-order chi connectivity index (χ0) is 10.6. The van der Waals surface area contributed by atoms with Crippen molar-refractivity contribution < 1.29 is 5.11 Å². The largest absolute Gasteiger partial charge is 0.507 e. The van der Waals surface area contributed by atoms with Crippen LogP contribution in [0.1, 0.15) is 5.56 Å². The average molecular weight is 321 g/mol. The molecule has 0 aliphatic rings. The molecule has 0 amide bonds. The van der Waals surface area contributed by atoms with Gasteiger partial charge in [-0.3, -0.25) is 5.43 Å². The van der Waals surface area contributed by atoms with Crippen molar-refractivity contribution in [1.29, 1.82) is 0 Å². The van der Waals surface area contributed by atoms with E-state index in [2.05, 4.69) is 45.3 Å². The number of thiocarbonyl (C=S) groups is 1. The molecule has 0 saturated carbocycles. The van der Waals surface area contributed by atoms with Crippen molar-refractivity contribution in [3.05, 3.63) is 27.3 Å². The number of phenolic OH excluding ortho intramolecular Hbond substituents is 1. The number of rotatable bonds is 2. The number of hydrogen-bond acceptors (Lipinski definition) is 3. The molecule has 4 N–H and O–H groups in total. The van der Waals surface area contributed by atoms with E-state index in [1.54, 1.807) is 12.1 Å². The second-order valence-corrected chi connectivity index (χ2v) is 4.01. The molecule has 0 aliphatic heterocycles. The molecule has 0 aromatic heterocycles. The molecule has 0 fully saturated rings. The van der Waals surface area contributed by atoms with Crippen molar-refractivity contribution in [3.63, 3.8) is 0 Å². The van der Waals surface area contributed by atoms with E-state index in [0.29, 0.717) is 5.56 Å². The summed E-state index contributed by atoms with van der Waals surface area (Å²) in [4.78, 5) is 0. The Bertz CT molecular complexity index is 361. The summed E-state index contributed by atoms with van der Waals surface area (Å²) in [6.45, 7) is 0. The normalized spacial score (nSPS) is 10.4. The molecule has 4 nitrogen and oxygen atoms in total. The van der Waals surface area contributed by atoms with Crippen LogP contribution in [0.15, 0.2) is 23.3 Å². The van der Waals surface area contributed by atoms with Gasteiger partial charge in [0.2, 0.25) is 0 Å². The first-order chi connectivity index (χ1) is 6.61. The molecule has 1 rings (SSSR count). The van der Waals surface area contributed by atoms with Gasteiger partial charge in [0.15, 0.2) is 5.11 Å². The Morgan fingerprint density at radius 1 is 1.64 bits per heavy atom. The summed E-state index contributed by atoms with van der Waals surface area (Å²) in [7, 11) is 0. The smallest absolute Gasteiger partial charge is 0.184 e. The number of benzene rings is 1. The van der Waals surface area contributed by atoms with E-state index in [1.807, 2.05) is 6.07 Å². The number of nitrogens with two attached hydrogens (primary N) is 1. The maximum atomic E-state index is 9.47. The maximum absolute atomic E-state index is 9.47. The number of phenols is 1. The Balaban J connectivity index is 2.85. The van der Waals surface area contributed by atoms with Crippen molar-refractivity contribution in [3.8, 4) is 5.75 Å². The Morgan fingerprint density at radius 3 is 2.93 bits per heavy atom. The topological polar surface area (TPSA) is 70.6 Å². The minimum Gasteiger partial charge on any atom is -0.507 e. The lowest BCUT2D eigenvalue weighted by molar-refractivity contribution is 0.474. The zero-order valence-corrected chi connectivity index (χ0v) is 10.0. The summed E-state index contributed by atoms with van der Waals surface area (Å²) in [6.07, 6.45) is 1.47. The highest BCUT2D eigenvalue weighted by molar-refractivity contribution is 14.1. The van der Waals surface area contributed by atoms with Crippen LogP contribution < -0.4 is 11.2 Å². The van der Waals surface area contributed by atoms with Crippen molar-refractivity contribution in [2.45, 2.75) is 0 Å². The molecule has 0 bridgehead atoms. The molecule has 6 heteroatoms. The zero-order valence-electron chi connectivity index (χ0n) is 7.07. The first-order valence-electron chi connectivity index (χ1n) is 3.67. The summed E-state index contributed by atoms with van der Waals surface area (Å²) >= 11 is 6.67. The van der Waals surface area contributed by atoms with Gasteiger partial charge >= 0.3 is 0 Å². The number of aromatic hydroxyl groups is 1. The van der Waals surface area contributed by atoms with Crippen LogP contribution in [-0.4, -0.2) is 16.4 Å². The Hall–Kier alpha value is -0.890. The second kappa shape index (κ2) is 5.11. The van der Waals surface area contributed by atoms with Crippen molar-refractivity contribution >= 4 is 46.1 Å². The van der Waals surface area contributed by atoms with Gasteiger partial charge < -0.3 is 10.8 Å². The fourth-order valence-corrected chi connectivity index (χ4v) is 1.49. The van der Waals surface area contributed by atoms with Gasteiger partial charge in [0.1, 0.15) is 5.75 Å². The van der Waals surface area contributed by atoms with Gasteiger partial charge in [0, 0.05) is 9.13 Å². The fourth-order valence-electron chi connectivity index (χ4n) is 0.814. The highest BCUT2D eigenvalue weighted by Crippen LogP contribution is 2.20. The first kappa shape index (κ1) is 11.2. The number of nitrogens with one attached hydrogen (secondary N) is 1. The van der Waals surface area contributed by atoms with Crippen LogP contribution in [0, 0.1) is 3.57 Å². The molecule has 0 saturated heterocycles. The molecule has 14 heavy (non-hydrogen) atoms. The van der Waals surface area contributed by atoms with Gasteiger partial charge in [-0.15, -0.1) is 0 Å². The van der Waals surface area contributed by atoms with E-state index in [4.69, 9.17) is 5.73 Å². The summed E-state index contributed by atoms with van der Waals surface area (Å²) in [5, 5.41) is 13.3. The number of hydrogen-bond donors (Lipinski definition) is 3. The van der Waals surface area contributed by atoms with Gasteiger partial charge in [-0.25, -0.2) is 0 Å². The Kier molecular flexibility index (Phi) is 4.08. The van der Waals surface area contributed by atoms with Gasteiger partial charge in [-0.2, -0.15) is 5.10 Å². The van der Waals surface area contributed by atoms with Crippen LogP contribution in [0.2, 0.25) is 0 Å². The highest BCUT2D eigenvalue weighted by Gasteiger charge is 2.01. The van der Waals surface area contributed by atoms with Gasteiger partial charge in [-0.05, 0) is 46.9 Å². The lowest BCUT2D eigenvalue weighted by atomic mass is 10.2. The molecule has 0 radical (unpaired) electrons. The third-order valence-corrected chi connectivity index (χ3v) is 2.43. The van der Waals surface area contributed by atoms with Crippen molar-refractivity contribution in [2.75, 3.05) is 0 Å². The molecule has 0 atom stereocenters. The van der Waals surface area contributed by atoms with Crippen molar-refractivity contribution in [1.82, 2.24) is 5.43 Å². The molecule has 0 spiro atoms. The van der Waals surface area contributed by atoms with E-state index in [9.17, 15) is 5.11 Å². The van der Waals surface area contributed by atoms with Gasteiger partial charge in [0.25, 0.3) is 0 Å². The Labute approximate surface area is 100 Å². The fraction of sp³-hybridized carbons (Fsp3) is 0. The van der Waals surface area contributed by atoms with Crippen LogP contribution in [0.5, 0.6) is 5.75 Å². The summed E-state index contributed by atoms with van der Waals surface area (Å²) < 4.78 is 0.899. The summed E-state index contributed by atoms with van der Waals surface area (Å²) in [6, 6.07) is 5.21. The highest BCUT2D eigenvalue weighted by atomic mass is 127. The summed E-state index contributed by atoms with van der Waals surface area (Å²) in [5.74, 6) is 0.172. The lowest BCUT2D eigenvalue weighted by Gasteiger charge is -2.00. The van der Waals surface area contributed by atoms with Crippen LogP contribution in [0.25, 0.3) is 0 Å². The Morgan fingerprint density at radius 2 is 2.36 bits per heavy atom. The number of halogens is 1. The minimum absolute atomic E-state index is 0.0895. The number of nitrogens with zero attached hydrogens (tertiary/aromatic N) is 1. The molecule has 0 unspecified atom stereocenters. The lowest BCUT2D eigenvalue weighted by Crippen LogP contribution is -2.24. The molecule has 0 aliphatic carbocycles. The third kappa shape index (κ3) is 3.11. The minimum atomic E-state index is 0.0895. The van der Waals surface area contributed by atoms with Crippen molar-refractivity contribution in [2.24, 2.45) is 10.8 Å². The van der Waals surface area contributed by atoms with Gasteiger partial charge in [0.05, 0.1) is 6.21 Å². The molecule has 1 aromatic rings. The predicted molar refractivity (Wildman–Crippen MR) is 68.3 cm³/mol. The molecule has 0 heterocycles. The predicted octanol–water partition coefficient (Wildman–Crippen LogP) is 1.16. The van der Waals surface area contributed by atoms with Crippen LogP contribution in [0.4, 0.5) is 0 Å². The van der Waals surface area contributed by atoms with Crippen LogP contribution in [-0.2, 0) is 0 Å². The van der Waals surface area contributed by atoms with E-state index >= 15 is 0 Å².